The lowest BCUT2D eigenvalue weighted by Gasteiger charge is -2.06. The molecule has 0 saturated carbocycles. The predicted molar refractivity (Wildman–Crippen MR) is 100 cm³/mol. The molecular formula is C20H15N5. The number of para-hydroxylation sites is 2. The second-order valence-electron chi connectivity index (χ2n) is 5.89. The van der Waals surface area contributed by atoms with Crippen molar-refractivity contribution in [1.29, 1.82) is 0 Å². The SMILES string of the molecule is c1ccc(Nc2ccc3ncc(-c4cc5ccccc5[nH]4)n3n2)cc1. The minimum Gasteiger partial charge on any atom is -0.353 e. The summed E-state index contributed by atoms with van der Waals surface area (Å²) in [4.78, 5) is 7.90. The lowest BCUT2D eigenvalue weighted by molar-refractivity contribution is 0.946. The number of H-pyrrole nitrogens is 1. The summed E-state index contributed by atoms with van der Waals surface area (Å²) in [6.07, 6.45) is 1.85. The predicted octanol–water partition coefficient (Wildman–Crippen LogP) is 4.62. The Morgan fingerprint density at radius 2 is 1.72 bits per heavy atom. The van der Waals surface area contributed by atoms with Crippen molar-refractivity contribution in [2.75, 3.05) is 5.32 Å². The Bertz CT molecular complexity index is 1140. The summed E-state index contributed by atoms with van der Waals surface area (Å²) < 4.78 is 1.86. The van der Waals surface area contributed by atoms with Crippen molar-refractivity contribution in [2.24, 2.45) is 0 Å². The Morgan fingerprint density at radius 1 is 0.880 bits per heavy atom. The fourth-order valence-corrected chi connectivity index (χ4v) is 3.00. The lowest BCUT2D eigenvalue weighted by Crippen LogP contribution is -2.00. The van der Waals surface area contributed by atoms with Crippen LogP contribution in [0.15, 0.2) is 79.0 Å². The van der Waals surface area contributed by atoms with Crippen LogP contribution in [0.5, 0.6) is 0 Å². The van der Waals surface area contributed by atoms with Crippen molar-refractivity contribution in [2.45, 2.75) is 0 Å². The number of fused-ring (bicyclic) bond motifs is 2. The minimum atomic E-state index is 0.772. The number of aromatic nitrogens is 4. The summed E-state index contributed by atoms with van der Waals surface area (Å²) in [6.45, 7) is 0. The molecule has 120 valence electrons. The van der Waals surface area contributed by atoms with Crippen molar-refractivity contribution in [3.8, 4) is 11.4 Å². The third kappa shape index (κ3) is 2.42. The van der Waals surface area contributed by atoms with Crippen molar-refractivity contribution in [3.63, 3.8) is 0 Å². The van der Waals surface area contributed by atoms with Gasteiger partial charge in [-0.3, -0.25) is 0 Å². The Labute approximate surface area is 144 Å². The van der Waals surface area contributed by atoms with E-state index in [1.807, 2.05) is 65.3 Å². The molecule has 0 atom stereocenters. The molecule has 0 saturated heterocycles. The van der Waals surface area contributed by atoms with Crippen LogP contribution in [0.4, 0.5) is 11.5 Å². The monoisotopic (exact) mass is 325 g/mol. The van der Waals surface area contributed by atoms with E-state index in [-0.39, 0.29) is 0 Å². The maximum Gasteiger partial charge on any atom is 0.154 e. The van der Waals surface area contributed by atoms with Crippen LogP contribution in [-0.4, -0.2) is 19.6 Å². The van der Waals surface area contributed by atoms with Gasteiger partial charge in [-0.2, -0.15) is 0 Å². The standard InChI is InChI=1S/C20H15N5/c1-2-7-15(8-3-1)22-19-10-11-20-21-13-18(25(20)24-19)17-12-14-6-4-5-9-16(14)23-17/h1-13,23H,(H,22,24). The first kappa shape index (κ1) is 13.8. The van der Waals surface area contributed by atoms with E-state index >= 15 is 0 Å². The zero-order valence-corrected chi connectivity index (χ0v) is 13.3. The van der Waals surface area contributed by atoms with Gasteiger partial charge in [-0.05, 0) is 36.4 Å². The zero-order chi connectivity index (χ0) is 16.6. The van der Waals surface area contributed by atoms with Crippen LogP contribution in [0.3, 0.4) is 0 Å². The van der Waals surface area contributed by atoms with Gasteiger partial charge in [0.1, 0.15) is 5.69 Å². The fourth-order valence-electron chi connectivity index (χ4n) is 3.00. The summed E-state index contributed by atoms with van der Waals surface area (Å²) in [6, 6.07) is 24.2. The number of imidazole rings is 1. The van der Waals surface area contributed by atoms with Gasteiger partial charge in [0, 0.05) is 16.6 Å². The van der Waals surface area contributed by atoms with E-state index in [2.05, 4.69) is 33.5 Å². The highest BCUT2D eigenvalue weighted by molar-refractivity contribution is 5.85. The number of nitrogens with one attached hydrogen (secondary N) is 2. The van der Waals surface area contributed by atoms with Crippen LogP contribution >= 0.6 is 0 Å². The first-order chi connectivity index (χ1) is 12.4. The number of anilines is 2. The minimum absolute atomic E-state index is 0.772. The molecule has 5 aromatic rings. The zero-order valence-electron chi connectivity index (χ0n) is 13.3. The largest absolute Gasteiger partial charge is 0.353 e. The van der Waals surface area contributed by atoms with Crippen molar-refractivity contribution in [3.05, 3.63) is 79.0 Å². The van der Waals surface area contributed by atoms with E-state index in [0.29, 0.717) is 0 Å². The van der Waals surface area contributed by atoms with Gasteiger partial charge in [-0.1, -0.05) is 36.4 Å². The molecule has 5 rings (SSSR count). The summed E-state index contributed by atoms with van der Waals surface area (Å²) in [5.41, 5.74) is 4.85. The molecule has 0 amide bonds. The van der Waals surface area contributed by atoms with Gasteiger partial charge in [0.25, 0.3) is 0 Å². The summed E-state index contributed by atoms with van der Waals surface area (Å²) in [5, 5.41) is 9.19. The molecule has 0 radical (unpaired) electrons. The summed E-state index contributed by atoms with van der Waals surface area (Å²) in [7, 11) is 0. The Kier molecular flexibility index (Phi) is 3.03. The molecule has 0 aliphatic heterocycles. The van der Waals surface area contributed by atoms with Crippen molar-refractivity contribution >= 4 is 28.1 Å². The van der Waals surface area contributed by atoms with Crippen molar-refractivity contribution < 1.29 is 0 Å². The topological polar surface area (TPSA) is 58.0 Å². The molecule has 5 nitrogen and oxygen atoms in total. The molecule has 0 bridgehead atoms. The number of hydrogen-bond acceptors (Lipinski definition) is 3. The molecular weight excluding hydrogens is 310 g/mol. The number of aromatic amines is 1. The molecule has 0 unspecified atom stereocenters. The Hall–Kier alpha value is -3.60. The number of benzene rings is 2. The van der Waals surface area contributed by atoms with E-state index < -0.39 is 0 Å². The van der Waals surface area contributed by atoms with Gasteiger partial charge < -0.3 is 10.3 Å². The molecule has 25 heavy (non-hydrogen) atoms. The highest BCUT2D eigenvalue weighted by atomic mass is 15.3. The van der Waals surface area contributed by atoms with Gasteiger partial charge in [0.05, 0.1) is 11.9 Å². The van der Waals surface area contributed by atoms with E-state index in [9.17, 15) is 0 Å². The highest BCUT2D eigenvalue weighted by Gasteiger charge is 2.10. The Balaban J connectivity index is 1.60. The van der Waals surface area contributed by atoms with Crippen LogP contribution in [-0.2, 0) is 0 Å². The van der Waals surface area contributed by atoms with Crippen LogP contribution in [0.1, 0.15) is 0 Å². The first-order valence-corrected chi connectivity index (χ1v) is 8.12. The van der Waals surface area contributed by atoms with Crippen LogP contribution < -0.4 is 5.32 Å². The third-order valence-corrected chi connectivity index (χ3v) is 4.21. The summed E-state index contributed by atoms with van der Waals surface area (Å²) in [5.74, 6) is 0.772. The number of rotatable bonds is 3. The summed E-state index contributed by atoms with van der Waals surface area (Å²) >= 11 is 0. The molecule has 5 heteroatoms. The van der Waals surface area contributed by atoms with Crippen LogP contribution in [0.25, 0.3) is 27.9 Å². The smallest absolute Gasteiger partial charge is 0.154 e. The first-order valence-electron chi connectivity index (χ1n) is 8.12. The van der Waals surface area contributed by atoms with Gasteiger partial charge in [-0.25, -0.2) is 9.50 Å². The van der Waals surface area contributed by atoms with E-state index in [4.69, 9.17) is 5.10 Å². The molecule has 3 aromatic heterocycles. The van der Waals surface area contributed by atoms with Gasteiger partial charge in [0.15, 0.2) is 11.5 Å². The fraction of sp³-hybridized carbons (Fsp3) is 0. The molecule has 2 aromatic carbocycles. The molecule has 0 spiro atoms. The maximum atomic E-state index is 4.70. The average molecular weight is 325 g/mol. The number of nitrogens with zero attached hydrogens (tertiary/aromatic N) is 3. The van der Waals surface area contributed by atoms with E-state index in [0.717, 1.165) is 34.1 Å². The normalized spacial score (nSPS) is 11.2. The van der Waals surface area contributed by atoms with Gasteiger partial charge in [0.2, 0.25) is 0 Å². The van der Waals surface area contributed by atoms with Crippen molar-refractivity contribution in [1.82, 2.24) is 19.6 Å². The quantitative estimate of drug-likeness (QED) is 0.509. The molecule has 0 aliphatic rings. The second-order valence-corrected chi connectivity index (χ2v) is 5.89. The lowest BCUT2D eigenvalue weighted by atomic mass is 10.2. The molecule has 2 N–H and O–H groups in total. The second kappa shape index (κ2) is 5.49. The molecule has 3 heterocycles. The molecule has 0 fully saturated rings. The van der Waals surface area contributed by atoms with Gasteiger partial charge in [-0.15, -0.1) is 5.10 Å². The molecule has 0 aliphatic carbocycles. The van der Waals surface area contributed by atoms with Gasteiger partial charge >= 0.3 is 0 Å². The van der Waals surface area contributed by atoms with E-state index in [1.54, 1.807) is 0 Å². The highest BCUT2D eigenvalue weighted by Crippen LogP contribution is 2.25. The number of hydrogen-bond donors (Lipinski definition) is 2. The van der Waals surface area contributed by atoms with E-state index in [1.165, 1.54) is 5.39 Å². The van der Waals surface area contributed by atoms with Crippen LogP contribution in [0, 0.1) is 0 Å². The van der Waals surface area contributed by atoms with Crippen LogP contribution in [0.2, 0.25) is 0 Å². The third-order valence-electron chi connectivity index (χ3n) is 4.21. The Morgan fingerprint density at radius 3 is 2.60 bits per heavy atom. The average Bonchev–Trinajstić information content (AvgIpc) is 3.25. The maximum absolute atomic E-state index is 4.70.